The summed E-state index contributed by atoms with van der Waals surface area (Å²) in [6, 6.07) is 0. The van der Waals surface area contributed by atoms with Gasteiger partial charge in [0.05, 0.1) is 0 Å². The van der Waals surface area contributed by atoms with Crippen LogP contribution in [0.2, 0.25) is 18.2 Å². The third kappa shape index (κ3) is 7.03. The van der Waals surface area contributed by atoms with Crippen LogP contribution in [0.5, 0.6) is 0 Å². The van der Waals surface area contributed by atoms with Gasteiger partial charge < -0.3 is 0 Å². The number of rotatable bonds is 9. The van der Waals surface area contributed by atoms with Crippen molar-refractivity contribution in [3.63, 3.8) is 0 Å². The van der Waals surface area contributed by atoms with E-state index in [0.717, 1.165) is 19.6 Å². The van der Waals surface area contributed by atoms with Gasteiger partial charge in [0, 0.05) is 0 Å². The van der Waals surface area contributed by atoms with Crippen molar-refractivity contribution in [3.8, 4) is 0 Å². The van der Waals surface area contributed by atoms with Gasteiger partial charge in [0.1, 0.15) is 0 Å². The normalized spacial score (nSPS) is 12.0. The molecular weight excluding hydrogens is 281 g/mol. The summed E-state index contributed by atoms with van der Waals surface area (Å²) in [6.07, 6.45) is 3.63. The second-order valence-electron chi connectivity index (χ2n) is 4.49. The van der Waals surface area contributed by atoms with E-state index in [4.69, 9.17) is 17.2 Å². The first-order valence-corrected chi connectivity index (χ1v) is 14.7. The summed E-state index contributed by atoms with van der Waals surface area (Å²) in [5, 5.41) is 0. The van der Waals surface area contributed by atoms with Crippen LogP contribution in [-0.2, 0) is 0 Å². The van der Waals surface area contributed by atoms with Gasteiger partial charge in [0.2, 0.25) is 0 Å². The Bertz CT molecular complexity index is 109. The van der Waals surface area contributed by atoms with E-state index in [1.807, 2.05) is 0 Å². The Morgan fingerprint density at radius 2 is 1.00 bits per heavy atom. The fourth-order valence-corrected chi connectivity index (χ4v) is 13.2. The molecule has 6 N–H and O–H groups in total. The predicted octanol–water partition coefficient (Wildman–Crippen LogP) is 1.11. The van der Waals surface area contributed by atoms with Crippen LogP contribution in [-0.4, -0.2) is 38.0 Å². The zero-order valence-electron chi connectivity index (χ0n) is 9.60. The molecule has 0 heterocycles. The molecule has 0 aromatic heterocycles. The van der Waals surface area contributed by atoms with Crippen LogP contribution < -0.4 is 17.2 Å². The van der Waals surface area contributed by atoms with Crippen LogP contribution in [0.1, 0.15) is 19.3 Å². The predicted molar refractivity (Wildman–Crippen MR) is 67.1 cm³/mol. The Kier molecular flexibility index (Phi) is 9.38. The minimum absolute atomic E-state index is 0.845. The average Bonchev–Trinajstić information content (AvgIpc) is 2.21. The van der Waals surface area contributed by atoms with Gasteiger partial charge >= 0.3 is 92.7 Å². The van der Waals surface area contributed by atoms with Crippen LogP contribution in [0.15, 0.2) is 0 Å². The van der Waals surface area contributed by atoms with Crippen LogP contribution in [0, 0.1) is 0 Å². The molecular formula is C10H27N3Sn. The Morgan fingerprint density at radius 1 is 0.714 bits per heavy atom. The van der Waals surface area contributed by atoms with Crippen molar-refractivity contribution in [1.29, 1.82) is 0 Å². The summed E-state index contributed by atoms with van der Waals surface area (Å²) in [4.78, 5) is 2.55. The maximum absolute atomic E-state index is 5.58. The fraction of sp³-hybridized carbons (Fsp3) is 1.00. The van der Waals surface area contributed by atoms with E-state index in [-0.39, 0.29) is 0 Å². The van der Waals surface area contributed by atoms with Crippen LogP contribution in [0.3, 0.4) is 0 Å². The molecule has 0 amide bonds. The SMILES string of the molecule is [CH3][Sn]([CH2]CCN)([CH2]CCN)[CH2]CCN. The van der Waals surface area contributed by atoms with Crippen molar-refractivity contribution in [2.24, 2.45) is 17.2 Å². The molecule has 0 aliphatic rings. The zero-order chi connectivity index (χ0) is 10.9. The van der Waals surface area contributed by atoms with E-state index in [1.54, 1.807) is 0 Å². The second kappa shape index (κ2) is 8.94. The molecule has 0 bridgehead atoms. The molecule has 0 radical (unpaired) electrons. The molecule has 0 aromatic carbocycles. The minimum atomic E-state index is -1.80. The Labute approximate surface area is 92.7 Å². The first-order chi connectivity index (χ1) is 6.68. The first kappa shape index (κ1) is 14.7. The van der Waals surface area contributed by atoms with Crippen molar-refractivity contribution < 1.29 is 0 Å². The molecule has 3 nitrogen and oxygen atoms in total. The Hall–Kier alpha value is 0.679. The van der Waals surface area contributed by atoms with Gasteiger partial charge in [-0.1, -0.05) is 0 Å². The summed E-state index contributed by atoms with van der Waals surface area (Å²) in [6.45, 7) is 2.54. The van der Waals surface area contributed by atoms with E-state index in [2.05, 4.69) is 4.94 Å². The quantitative estimate of drug-likeness (QED) is 0.558. The van der Waals surface area contributed by atoms with Crippen molar-refractivity contribution in [2.75, 3.05) is 19.6 Å². The van der Waals surface area contributed by atoms with E-state index in [1.165, 1.54) is 32.6 Å². The topological polar surface area (TPSA) is 78.1 Å². The van der Waals surface area contributed by atoms with Gasteiger partial charge in [-0.05, 0) is 0 Å². The van der Waals surface area contributed by atoms with Gasteiger partial charge in [-0.2, -0.15) is 0 Å². The van der Waals surface area contributed by atoms with Gasteiger partial charge in [0.15, 0.2) is 0 Å². The van der Waals surface area contributed by atoms with E-state index < -0.39 is 18.4 Å². The maximum atomic E-state index is 5.58. The number of hydrogen-bond acceptors (Lipinski definition) is 3. The molecule has 0 atom stereocenters. The molecule has 86 valence electrons. The molecule has 0 saturated carbocycles. The molecule has 0 aromatic rings. The standard InChI is InChI=1S/3C3H8N.CH3.Sn/c3*1-2-3-4;;/h3*1-4H2;1H3;. The van der Waals surface area contributed by atoms with Crippen LogP contribution in [0.4, 0.5) is 0 Å². The Morgan fingerprint density at radius 3 is 1.21 bits per heavy atom. The molecule has 0 aliphatic carbocycles. The molecule has 0 unspecified atom stereocenters. The second-order valence-corrected chi connectivity index (χ2v) is 19.1. The van der Waals surface area contributed by atoms with Crippen molar-refractivity contribution in [2.45, 2.75) is 37.5 Å². The molecule has 0 aliphatic heterocycles. The van der Waals surface area contributed by atoms with E-state index >= 15 is 0 Å². The number of nitrogens with two attached hydrogens (primary N) is 3. The monoisotopic (exact) mass is 309 g/mol. The molecule has 0 saturated heterocycles. The third-order valence-electron chi connectivity index (χ3n) is 2.95. The Balaban J connectivity index is 3.89. The van der Waals surface area contributed by atoms with Crippen molar-refractivity contribution >= 4 is 18.4 Å². The molecule has 4 heteroatoms. The van der Waals surface area contributed by atoms with Crippen molar-refractivity contribution in [1.82, 2.24) is 0 Å². The van der Waals surface area contributed by atoms with E-state index in [9.17, 15) is 0 Å². The van der Waals surface area contributed by atoms with Gasteiger partial charge in [-0.15, -0.1) is 0 Å². The van der Waals surface area contributed by atoms with Gasteiger partial charge in [-0.3, -0.25) is 0 Å². The number of hydrogen-bond donors (Lipinski definition) is 3. The van der Waals surface area contributed by atoms with E-state index in [0.29, 0.717) is 0 Å². The van der Waals surface area contributed by atoms with Crippen LogP contribution in [0.25, 0.3) is 0 Å². The van der Waals surface area contributed by atoms with Crippen LogP contribution >= 0.6 is 0 Å². The summed E-state index contributed by atoms with van der Waals surface area (Å²) >= 11 is -1.80. The van der Waals surface area contributed by atoms with Gasteiger partial charge in [-0.25, -0.2) is 0 Å². The summed E-state index contributed by atoms with van der Waals surface area (Å²) in [5.41, 5.74) is 16.7. The summed E-state index contributed by atoms with van der Waals surface area (Å²) < 4.78 is 4.27. The molecule has 0 fully saturated rings. The first-order valence-electron chi connectivity index (χ1n) is 5.79. The third-order valence-corrected chi connectivity index (χ3v) is 16.3. The van der Waals surface area contributed by atoms with Crippen molar-refractivity contribution in [3.05, 3.63) is 0 Å². The molecule has 14 heavy (non-hydrogen) atoms. The average molecular weight is 308 g/mol. The summed E-state index contributed by atoms with van der Waals surface area (Å²) in [5.74, 6) is 0. The van der Waals surface area contributed by atoms with Gasteiger partial charge in [0.25, 0.3) is 0 Å². The molecule has 0 rings (SSSR count). The zero-order valence-corrected chi connectivity index (χ0v) is 12.5. The summed E-state index contributed by atoms with van der Waals surface area (Å²) in [7, 11) is 0. The fourth-order valence-electron chi connectivity index (χ4n) is 1.96. The molecule has 0 spiro atoms.